The molecule has 67 heavy (non-hydrogen) atoms. The van der Waals surface area contributed by atoms with Crippen LogP contribution < -0.4 is 4.90 Å². The summed E-state index contributed by atoms with van der Waals surface area (Å²) < 4.78 is 8.62. The summed E-state index contributed by atoms with van der Waals surface area (Å²) in [5.41, 5.74) is 18.0. The molecule has 0 amide bonds. The van der Waals surface area contributed by atoms with Crippen LogP contribution in [-0.2, 0) is 0 Å². The smallest absolute Gasteiger partial charge is 0.136 e. The quantitative estimate of drug-likeness (QED) is 0.152. The van der Waals surface area contributed by atoms with Gasteiger partial charge >= 0.3 is 0 Å². The average Bonchev–Trinajstić information content (AvgIpc) is 3.95. The van der Waals surface area contributed by atoms with E-state index in [2.05, 4.69) is 252 Å². The lowest BCUT2D eigenvalue weighted by atomic mass is 9.99. The van der Waals surface area contributed by atoms with E-state index in [1.54, 1.807) is 0 Å². The first-order valence-electron chi connectivity index (χ1n) is 22.9. The van der Waals surface area contributed by atoms with Crippen molar-refractivity contribution in [2.75, 3.05) is 4.90 Å². The highest BCUT2D eigenvalue weighted by Gasteiger charge is 2.18. The van der Waals surface area contributed by atoms with Gasteiger partial charge in [-0.05, 0) is 129 Å². The average molecular weight is 855 g/mol. The number of anilines is 3. The van der Waals surface area contributed by atoms with Gasteiger partial charge in [0.2, 0.25) is 0 Å². The zero-order chi connectivity index (χ0) is 44.3. The van der Waals surface area contributed by atoms with Gasteiger partial charge in [-0.2, -0.15) is 0 Å². The molecule has 0 aliphatic rings. The molecule has 0 spiro atoms. The van der Waals surface area contributed by atoms with E-state index in [1.165, 1.54) is 49.3 Å². The molecule has 314 valence electrons. The molecule has 0 saturated carbocycles. The predicted molar refractivity (Wildman–Crippen MR) is 282 cm³/mol. The first kappa shape index (κ1) is 38.5. The molecule has 0 radical (unpaired) electrons. The molecule has 11 aromatic carbocycles. The largest absolute Gasteiger partial charge is 0.456 e. The summed E-state index contributed by atoms with van der Waals surface area (Å²) in [5, 5.41) is 7.29. The molecule has 0 bridgehead atoms. The standard InChI is InChI=1S/C64H42N2O/c1-2-12-49-41-50(26-25-43(49)11-1)47-29-36-53(37-30-47)65(52-34-27-45(28-35-52)44-21-23-46(24-22-44)51-33-40-59-58-16-6-10-20-63(58)67-64(59)42-51)54-38-31-48(32-39-54)55-13-3-7-17-60(55)66-61-18-8-4-14-56(61)57-15-5-9-19-62(57)66/h1-42H. The van der Waals surface area contributed by atoms with Crippen molar-refractivity contribution >= 4 is 71.6 Å². The molecule has 2 heterocycles. The fourth-order valence-electron chi connectivity index (χ4n) is 10.1. The molecule has 13 rings (SSSR count). The van der Waals surface area contributed by atoms with Gasteiger partial charge in [0, 0.05) is 44.2 Å². The van der Waals surface area contributed by atoms with E-state index in [9.17, 15) is 0 Å². The minimum absolute atomic E-state index is 0.907. The highest BCUT2D eigenvalue weighted by atomic mass is 16.3. The number of fused-ring (bicyclic) bond motifs is 7. The zero-order valence-electron chi connectivity index (χ0n) is 36.6. The molecule has 0 aliphatic heterocycles. The van der Waals surface area contributed by atoms with Crippen molar-refractivity contribution in [3.63, 3.8) is 0 Å². The molecule has 3 heteroatoms. The van der Waals surface area contributed by atoms with Crippen LogP contribution in [0.15, 0.2) is 259 Å². The van der Waals surface area contributed by atoms with Crippen LogP contribution in [0, 0.1) is 0 Å². The van der Waals surface area contributed by atoms with Crippen LogP contribution in [0.5, 0.6) is 0 Å². The molecular weight excluding hydrogens is 813 g/mol. The maximum absolute atomic E-state index is 6.21. The number of para-hydroxylation sites is 4. The summed E-state index contributed by atoms with van der Waals surface area (Å²) in [6.07, 6.45) is 0. The topological polar surface area (TPSA) is 21.3 Å². The Labute approximate surface area is 388 Å². The highest BCUT2D eigenvalue weighted by Crippen LogP contribution is 2.41. The van der Waals surface area contributed by atoms with Gasteiger partial charge in [-0.25, -0.2) is 0 Å². The van der Waals surface area contributed by atoms with Gasteiger partial charge in [-0.3, -0.25) is 0 Å². The van der Waals surface area contributed by atoms with Crippen LogP contribution in [0.25, 0.3) is 105 Å². The van der Waals surface area contributed by atoms with Crippen LogP contribution in [0.1, 0.15) is 0 Å². The molecule has 0 unspecified atom stereocenters. The zero-order valence-corrected chi connectivity index (χ0v) is 36.6. The van der Waals surface area contributed by atoms with Gasteiger partial charge in [0.1, 0.15) is 11.2 Å². The number of hydrogen-bond acceptors (Lipinski definition) is 2. The molecular formula is C64H42N2O. The van der Waals surface area contributed by atoms with Gasteiger partial charge in [0.25, 0.3) is 0 Å². The fourth-order valence-corrected chi connectivity index (χ4v) is 10.1. The van der Waals surface area contributed by atoms with Gasteiger partial charge in [-0.15, -0.1) is 0 Å². The molecule has 2 aromatic heterocycles. The number of furan rings is 1. The molecule has 13 aromatic rings. The summed E-state index contributed by atoms with van der Waals surface area (Å²) in [5.74, 6) is 0. The van der Waals surface area contributed by atoms with Gasteiger partial charge in [0.05, 0.1) is 16.7 Å². The third-order valence-electron chi connectivity index (χ3n) is 13.4. The second kappa shape index (κ2) is 16.0. The number of aromatic nitrogens is 1. The van der Waals surface area contributed by atoms with Crippen LogP contribution in [0.2, 0.25) is 0 Å². The fraction of sp³-hybridized carbons (Fsp3) is 0. The molecule has 0 fully saturated rings. The van der Waals surface area contributed by atoms with Crippen LogP contribution in [-0.4, -0.2) is 4.57 Å². The van der Waals surface area contributed by atoms with Crippen molar-refractivity contribution in [2.24, 2.45) is 0 Å². The highest BCUT2D eigenvalue weighted by molar-refractivity contribution is 6.10. The van der Waals surface area contributed by atoms with E-state index in [0.717, 1.165) is 72.5 Å². The Balaban J connectivity index is 0.850. The van der Waals surface area contributed by atoms with Crippen LogP contribution >= 0.6 is 0 Å². The molecule has 3 nitrogen and oxygen atoms in total. The van der Waals surface area contributed by atoms with Crippen LogP contribution in [0.3, 0.4) is 0 Å². The van der Waals surface area contributed by atoms with Crippen LogP contribution in [0.4, 0.5) is 17.1 Å². The Morgan fingerprint density at radius 2 is 0.716 bits per heavy atom. The van der Waals surface area contributed by atoms with E-state index in [1.807, 2.05) is 12.1 Å². The summed E-state index contributed by atoms with van der Waals surface area (Å²) in [4.78, 5) is 2.36. The van der Waals surface area contributed by atoms with E-state index >= 15 is 0 Å². The Hall–Kier alpha value is -8.92. The van der Waals surface area contributed by atoms with Crippen molar-refractivity contribution in [2.45, 2.75) is 0 Å². The number of benzene rings is 11. The molecule has 0 saturated heterocycles. The lowest BCUT2D eigenvalue weighted by Gasteiger charge is -2.26. The normalized spacial score (nSPS) is 11.6. The first-order valence-corrected chi connectivity index (χ1v) is 22.9. The number of hydrogen-bond donors (Lipinski definition) is 0. The maximum atomic E-state index is 6.21. The SMILES string of the molecule is c1ccc(-n2c3ccccc3c3ccccc32)c(-c2ccc(N(c3ccc(-c4ccc(-c5ccc6c(c5)oc5ccccc56)cc4)cc3)c3ccc(-c4ccc5ccccc5c4)cc3)cc2)c1. The minimum atomic E-state index is 0.907. The second-order valence-electron chi connectivity index (χ2n) is 17.3. The number of nitrogens with zero attached hydrogens (tertiary/aromatic N) is 2. The number of rotatable bonds is 8. The van der Waals surface area contributed by atoms with E-state index in [-0.39, 0.29) is 0 Å². The Morgan fingerprint density at radius 1 is 0.284 bits per heavy atom. The molecule has 0 aliphatic carbocycles. The van der Waals surface area contributed by atoms with Crippen molar-refractivity contribution in [1.29, 1.82) is 0 Å². The maximum Gasteiger partial charge on any atom is 0.136 e. The second-order valence-corrected chi connectivity index (χ2v) is 17.3. The van der Waals surface area contributed by atoms with Gasteiger partial charge in [0.15, 0.2) is 0 Å². The van der Waals surface area contributed by atoms with E-state index < -0.39 is 0 Å². The van der Waals surface area contributed by atoms with Crippen molar-refractivity contribution < 1.29 is 4.42 Å². The Morgan fingerprint density at radius 3 is 1.36 bits per heavy atom. The lowest BCUT2D eigenvalue weighted by Crippen LogP contribution is -2.09. The Bertz CT molecular complexity index is 3900. The van der Waals surface area contributed by atoms with E-state index in [4.69, 9.17) is 4.42 Å². The third kappa shape index (κ3) is 6.76. The van der Waals surface area contributed by atoms with E-state index in [0.29, 0.717) is 0 Å². The minimum Gasteiger partial charge on any atom is -0.456 e. The van der Waals surface area contributed by atoms with Crippen molar-refractivity contribution in [3.05, 3.63) is 255 Å². The van der Waals surface area contributed by atoms with Gasteiger partial charge < -0.3 is 13.9 Å². The summed E-state index contributed by atoms with van der Waals surface area (Å²) >= 11 is 0. The Kier molecular flexibility index (Phi) is 9.17. The molecule has 0 N–H and O–H groups in total. The summed E-state index contributed by atoms with van der Waals surface area (Å²) in [6, 6.07) is 91.9. The molecule has 0 atom stereocenters. The monoisotopic (exact) mass is 854 g/mol. The summed E-state index contributed by atoms with van der Waals surface area (Å²) in [6.45, 7) is 0. The van der Waals surface area contributed by atoms with Crippen molar-refractivity contribution in [3.8, 4) is 50.2 Å². The summed E-state index contributed by atoms with van der Waals surface area (Å²) in [7, 11) is 0. The predicted octanol–water partition coefficient (Wildman–Crippen LogP) is 18.0. The van der Waals surface area contributed by atoms with Gasteiger partial charge in [-0.1, -0.05) is 176 Å². The lowest BCUT2D eigenvalue weighted by molar-refractivity contribution is 0.669. The third-order valence-corrected chi connectivity index (χ3v) is 13.4. The van der Waals surface area contributed by atoms with Crippen molar-refractivity contribution in [1.82, 2.24) is 4.57 Å². The first-order chi connectivity index (χ1) is 33.2.